The van der Waals surface area contributed by atoms with Gasteiger partial charge in [0.1, 0.15) is 5.69 Å². The Labute approximate surface area is 161 Å². The summed E-state index contributed by atoms with van der Waals surface area (Å²) in [5, 5.41) is 3.88. The van der Waals surface area contributed by atoms with Crippen LogP contribution in [0.25, 0.3) is 11.4 Å². The van der Waals surface area contributed by atoms with Gasteiger partial charge in [-0.15, -0.1) is 0 Å². The molecule has 0 bridgehead atoms. The lowest BCUT2D eigenvalue weighted by Crippen LogP contribution is -2.13. The second-order valence-corrected chi connectivity index (χ2v) is 6.53. The van der Waals surface area contributed by atoms with Gasteiger partial charge in [-0.2, -0.15) is 4.98 Å². The van der Waals surface area contributed by atoms with E-state index in [2.05, 4.69) is 15.1 Å². The molecular formula is C20H21N3O5. The number of carbonyl (C=O) groups excluding carboxylic acids is 2. The Morgan fingerprint density at radius 1 is 1.14 bits per heavy atom. The third-order valence-electron chi connectivity index (χ3n) is 4.02. The summed E-state index contributed by atoms with van der Waals surface area (Å²) >= 11 is 0. The molecule has 3 rings (SSSR count). The molecule has 146 valence electrons. The molecule has 2 heterocycles. The summed E-state index contributed by atoms with van der Waals surface area (Å²) in [5.41, 5.74) is 2.34. The van der Waals surface area contributed by atoms with Gasteiger partial charge in [0.25, 0.3) is 5.89 Å². The van der Waals surface area contributed by atoms with Crippen LogP contribution < -0.4 is 0 Å². The van der Waals surface area contributed by atoms with Crippen molar-refractivity contribution in [1.29, 1.82) is 0 Å². The van der Waals surface area contributed by atoms with Crippen molar-refractivity contribution in [2.45, 2.75) is 40.4 Å². The predicted molar refractivity (Wildman–Crippen MR) is 99.7 cm³/mol. The second kappa shape index (κ2) is 8.08. The molecule has 0 spiro atoms. The minimum atomic E-state index is -0.622. The van der Waals surface area contributed by atoms with Crippen LogP contribution in [0.5, 0.6) is 0 Å². The molecule has 0 unspecified atom stereocenters. The average Bonchev–Trinajstić information content (AvgIpc) is 3.24. The zero-order valence-electron chi connectivity index (χ0n) is 16.1. The number of benzene rings is 1. The molecule has 1 aromatic carbocycles. The number of esters is 2. The van der Waals surface area contributed by atoms with Gasteiger partial charge in [0, 0.05) is 11.3 Å². The van der Waals surface area contributed by atoms with Crippen LogP contribution in [-0.4, -0.2) is 33.2 Å². The van der Waals surface area contributed by atoms with Crippen LogP contribution in [0.3, 0.4) is 0 Å². The summed E-state index contributed by atoms with van der Waals surface area (Å²) < 4.78 is 15.6. The van der Waals surface area contributed by atoms with Crippen molar-refractivity contribution in [3.05, 3.63) is 58.7 Å². The third-order valence-corrected chi connectivity index (χ3v) is 4.02. The molecule has 2 aromatic heterocycles. The highest BCUT2D eigenvalue weighted by molar-refractivity contribution is 5.98. The second-order valence-electron chi connectivity index (χ2n) is 6.53. The zero-order chi connectivity index (χ0) is 20.3. The number of carbonyl (C=O) groups is 2. The molecule has 3 aromatic rings. The lowest BCUT2D eigenvalue weighted by Gasteiger charge is -2.08. The van der Waals surface area contributed by atoms with Crippen molar-refractivity contribution in [2.24, 2.45) is 0 Å². The lowest BCUT2D eigenvalue weighted by molar-refractivity contribution is 0.0376. The van der Waals surface area contributed by atoms with Crippen molar-refractivity contribution < 1.29 is 23.6 Å². The van der Waals surface area contributed by atoms with Crippen LogP contribution in [0.2, 0.25) is 0 Å². The lowest BCUT2D eigenvalue weighted by atomic mass is 10.1. The van der Waals surface area contributed by atoms with Crippen molar-refractivity contribution in [3.63, 3.8) is 0 Å². The first-order chi connectivity index (χ1) is 13.4. The number of aryl methyl sites for hydroxylation is 1. The molecule has 8 nitrogen and oxygen atoms in total. The fourth-order valence-electron chi connectivity index (χ4n) is 2.75. The normalized spacial score (nSPS) is 10.9. The molecular weight excluding hydrogens is 362 g/mol. The Balaban J connectivity index is 1.69. The van der Waals surface area contributed by atoms with E-state index in [1.165, 1.54) is 0 Å². The summed E-state index contributed by atoms with van der Waals surface area (Å²) in [6.07, 6.45) is -0.257. The Morgan fingerprint density at radius 2 is 1.86 bits per heavy atom. The maximum atomic E-state index is 12.4. The number of aromatic amines is 1. The molecule has 0 radical (unpaired) electrons. The molecule has 28 heavy (non-hydrogen) atoms. The van der Waals surface area contributed by atoms with E-state index < -0.39 is 11.9 Å². The van der Waals surface area contributed by atoms with Crippen LogP contribution in [0.15, 0.2) is 34.9 Å². The van der Waals surface area contributed by atoms with Gasteiger partial charge in [-0.05, 0) is 33.3 Å². The number of hydrogen-bond donors (Lipinski definition) is 1. The Bertz CT molecular complexity index is 989. The average molecular weight is 383 g/mol. The highest BCUT2D eigenvalue weighted by Gasteiger charge is 2.25. The van der Waals surface area contributed by atoms with Crippen LogP contribution in [0.1, 0.15) is 51.8 Å². The van der Waals surface area contributed by atoms with Gasteiger partial charge in [-0.1, -0.05) is 35.5 Å². The van der Waals surface area contributed by atoms with E-state index in [1.807, 2.05) is 30.3 Å². The highest BCUT2D eigenvalue weighted by Crippen LogP contribution is 2.21. The fourth-order valence-corrected chi connectivity index (χ4v) is 2.75. The maximum Gasteiger partial charge on any atom is 0.355 e. The van der Waals surface area contributed by atoms with Crippen LogP contribution >= 0.6 is 0 Å². The topological polar surface area (TPSA) is 107 Å². The Morgan fingerprint density at radius 3 is 2.54 bits per heavy atom. The van der Waals surface area contributed by atoms with Gasteiger partial charge in [0.15, 0.2) is 6.61 Å². The number of rotatable bonds is 6. The molecule has 0 fully saturated rings. The molecule has 0 atom stereocenters. The van der Waals surface area contributed by atoms with Gasteiger partial charge < -0.3 is 19.0 Å². The van der Waals surface area contributed by atoms with Crippen molar-refractivity contribution in [1.82, 2.24) is 15.1 Å². The van der Waals surface area contributed by atoms with Gasteiger partial charge >= 0.3 is 11.9 Å². The zero-order valence-corrected chi connectivity index (χ0v) is 16.1. The van der Waals surface area contributed by atoms with Crippen LogP contribution in [-0.2, 0) is 16.1 Å². The number of aromatic nitrogens is 3. The maximum absolute atomic E-state index is 12.4. The SMILES string of the molecule is Cc1[nH]c(C(=O)OCc2nc(-c3ccccc3)no2)c(C)c1C(=O)OC(C)C. The molecule has 0 saturated carbocycles. The van der Waals surface area contributed by atoms with E-state index >= 15 is 0 Å². The molecule has 1 N–H and O–H groups in total. The minimum absolute atomic E-state index is 0.174. The Kier molecular flexibility index (Phi) is 5.58. The van der Waals surface area contributed by atoms with Crippen LogP contribution in [0, 0.1) is 13.8 Å². The number of nitrogens with one attached hydrogen (secondary N) is 1. The summed E-state index contributed by atoms with van der Waals surface area (Å²) in [6.45, 7) is 6.71. The monoisotopic (exact) mass is 383 g/mol. The van der Waals surface area contributed by atoms with Crippen LogP contribution in [0.4, 0.5) is 0 Å². The van der Waals surface area contributed by atoms with E-state index in [0.717, 1.165) is 5.56 Å². The molecule has 0 saturated heterocycles. The molecule has 0 aliphatic heterocycles. The molecule has 0 amide bonds. The first-order valence-corrected chi connectivity index (χ1v) is 8.82. The van der Waals surface area contributed by atoms with Gasteiger partial charge in [-0.25, -0.2) is 9.59 Å². The van der Waals surface area contributed by atoms with Crippen molar-refractivity contribution >= 4 is 11.9 Å². The number of H-pyrrole nitrogens is 1. The highest BCUT2D eigenvalue weighted by atomic mass is 16.6. The molecule has 0 aliphatic rings. The summed E-state index contributed by atoms with van der Waals surface area (Å²) in [6, 6.07) is 9.32. The Hall–Kier alpha value is -3.42. The van der Waals surface area contributed by atoms with Gasteiger partial charge in [0.05, 0.1) is 11.7 Å². The number of nitrogens with zero attached hydrogens (tertiary/aromatic N) is 2. The minimum Gasteiger partial charge on any atom is -0.459 e. The largest absolute Gasteiger partial charge is 0.459 e. The summed E-state index contributed by atoms with van der Waals surface area (Å²) in [7, 11) is 0. The van der Waals surface area contributed by atoms with E-state index in [9.17, 15) is 9.59 Å². The number of hydrogen-bond acceptors (Lipinski definition) is 7. The van der Waals surface area contributed by atoms with Gasteiger partial charge in [0.2, 0.25) is 5.82 Å². The van der Waals surface area contributed by atoms with Crippen molar-refractivity contribution in [3.8, 4) is 11.4 Å². The molecule has 8 heteroatoms. The summed E-state index contributed by atoms with van der Waals surface area (Å²) in [4.78, 5) is 31.8. The molecule has 0 aliphatic carbocycles. The first kappa shape index (κ1) is 19.3. The summed E-state index contributed by atoms with van der Waals surface area (Å²) in [5.74, 6) is -0.516. The predicted octanol–water partition coefficient (Wildman–Crippen LogP) is 3.60. The van der Waals surface area contributed by atoms with E-state index in [4.69, 9.17) is 14.0 Å². The van der Waals surface area contributed by atoms with E-state index in [0.29, 0.717) is 22.6 Å². The fraction of sp³-hybridized carbons (Fsp3) is 0.300. The van der Waals surface area contributed by atoms with Crippen molar-refractivity contribution in [2.75, 3.05) is 0 Å². The third kappa shape index (κ3) is 4.11. The first-order valence-electron chi connectivity index (χ1n) is 8.82. The standard InChI is InChI=1S/C20H21N3O5/c1-11(2)27-19(24)16-12(3)17(21-13(16)4)20(25)26-10-15-22-18(23-28-15)14-8-6-5-7-9-14/h5-9,11,21H,10H2,1-4H3. The smallest absolute Gasteiger partial charge is 0.355 e. The quantitative estimate of drug-likeness (QED) is 0.648. The van der Waals surface area contributed by atoms with E-state index in [-0.39, 0.29) is 24.3 Å². The van der Waals surface area contributed by atoms with E-state index in [1.54, 1.807) is 27.7 Å². The number of ether oxygens (including phenoxy) is 2. The van der Waals surface area contributed by atoms with Gasteiger partial charge in [-0.3, -0.25) is 0 Å².